The van der Waals surface area contributed by atoms with Crippen LogP contribution in [0.5, 0.6) is 0 Å². The first-order valence-corrected chi connectivity index (χ1v) is 14.1. The summed E-state index contributed by atoms with van der Waals surface area (Å²) in [5.41, 5.74) is -2.87. The first-order chi connectivity index (χ1) is 16.7. The molecule has 0 heterocycles. The zero-order valence-corrected chi connectivity index (χ0v) is 20.5. The molecule has 0 radical (unpaired) electrons. The molecule has 0 aromatic carbocycles. The fourth-order valence-electron chi connectivity index (χ4n) is 9.03. The first-order valence-electron chi connectivity index (χ1n) is 12.7. The van der Waals surface area contributed by atoms with Crippen molar-refractivity contribution in [2.45, 2.75) is 92.7 Å². The summed E-state index contributed by atoms with van der Waals surface area (Å²) in [5, 5.41) is -5.17. The zero-order valence-electron chi connectivity index (χ0n) is 19.7. The number of hydrogen-bond acceptors (Lipinski definition) is 9. The lowest BCUT2D eigenvalue weighted by Crippen LogP contribution is -2.62. The van der Waals surface area contributed by atoms with Crippen LogP contribution in [0.2, 0.25) is 0 Å². The van der Waals surface area contributed by atoms with Gasteiger partial charge in [0.25, 0.3) is 0 Å². The highest BCUT2D eigenvalue weighted by Gasteiger charge is 2.63. The molecule has 8 aliphatic rings. The predicted octanol–water partition coefficient (Wildman–Crippen LogP) is 2.47. The van der Waals surface area contributed by atoms with Crippen molar-refractivity contribution in [2.24, 2.45) is 29.6 Å². The maximum Gasteiger partial charge on any atom is 0.428 e. The molecular weight excluding hydrogens is 502 g/mol. The van der Waals surface area contributed by atoms with E-state index in [1.807, 2.05) is 0 Å². The Kier molecular flexibility index (Phi) is 5.27. The van der Waals surface area contributed by atoms with Gasteiger partial charge in [-0.15, -0.1) is 0 Å². The van der Waals surface area contributed by atoms with Gasteiger partial charge < -0.3 is 18.8 Å². The van der Waals surface area contributed by atoms with E-state index in [0.717, 1.165) is 25.7 Å². The highest BCUT2D eigenvalue weighted by atomic mass is 32.2. The number of ketones is 1. The van der Waals surface area contributed by atoms with Gasteiger partial charge in [-0.3, -0.25) is 4.79 Å². The number of esters is 2. The molecule has 4 unspecified atom stereocenters. The monoisotopic (exact) mass is 531 g/mol. The van der Waals surface area contributed by atoms with E-state index >= 15 is 0 Å². The number of alkyl halides is 2. The molecule has 0 spiro atoms. The Labute approximate surface area is 207 Å². The molecule has 8 bridgehead atoms. The van der Waals surface area contributed by atoms with Gasteiger partial charge in [-0.2, -0.15) is 8.78 Å². The summed E-state index contributed by atoms with van der Waals surface area (Å²) in [6, 6.07) is 0. The van der Waals surface area contributed by atoms with E-state index in [4.69, 9.17) is 14.2 Å². The molecule has 8 rings (SSSR count). The van der Waals surface area contributed by atoms with Gasteiger partial charge in [0, 0.05) is 18.3 Å². The van der Waals surface area contributed by atoms with Crippen molar-refractivity contribution in [3.63, 3.8) is 0 Å². The summed E-state index contributed by atoms with van der Waals surface area (Å²) < 4.78 is 77.5. The average molecular weight is 532 g/mol. The van der Waals surface area contributed by atoms with Crippen molar-refractivity contribution in [3.05, 3.63) is 0 Å². The number of rotatable bonds is 7. The molecule has 0 N–H and O–H groups in total. The molecule has 0 aromatic heterocycles. The molecule has 36 heavy (non-hydrogen) atoms. The van der Waals surface area contributed by atoms with Gasteiger partial charge in [0.2, 0.25) is 0 Å². The lowest BCUT2D eigenvalue weighted by Gasteiger charge is -2.60. The van der Waals surface area contributed by atoms with E-state index in [-0.39, 0.29) is 55.3 Å². The minimum atomic E-state index is -6.22. The Bertz CT molecular complexity index is 1090. The van der Waals surface area contributed by atoms with E-state index in [9.17, 15) is 36.1 Å². The van der Waals surface area contributed by atoms with Crippen LogP contribution in [-0.2, 0) is 38.7 Å². The van der Waals surface area contributed by atoms with Crippen LogP contribution in [0.25, 0.3) is 0 Å². The molecule has 0 amide bonds. The summed E-state index contributed by atoms with van der Waals surface area (Å²) in [5.74, 6) is -2.29. The van der Waals surface area contributed by atoms with Crippen LogP contribution in [0.15, 0.2) is 0 Å². The second-order valence-electron chi connectivity index (χ2n) is 12.4. The molecule has 0 saturated heterocycles. The van der Waals surface area contributed by atoms with E-state index in [0.29, 0.717) is 31.6 Å². The minimum Gasteiger partial charge on any atom is -0.743 e. The topological polar surface area (TPSA) is 136 Å². The number of Topliss-reactive ketones (excluding diaryl/α,β-unsaturated/α-hetero) is 1. The molecule has 8 fully saturated rings. The van der Waals surface area contributed by atoms with Crippen LogP contribution < -0.4 is 0 Å². The van der Waals surface area contributed by atoms with E-state index < -0.39 is 44.1 Å². The molecule has 12 heteroatoms. The Morgan fingerprint density at radius 1 is 0.861 bits per heavy atom. The second kappa shape index (κ2) is 7.69. The zero-order chi connectivity index (χ0) is 25.7. The number of carbonyl (C=O) groups excluding carboxylic acids is 3. The van der Waals surface area contributed by atoms with Crippen LogP contribution in [0.4, 0.5) is 8.78 Å². The van der Waals surface area contributed by atoms with Gasteiger partial charge >= 0.3 is 17.2 Å². The van der Waals surface area contributed by atoms with Crippen LogP contribution in [0.1, 0.15) is 70.6 Å². The van der Waals surface area contributed by atoms with Crippen LogP contribution in [0.3, 0.4) is 0 Å². The number of carbonyl (C=O) groups is 3. The van der Waals surface area contributed by atoms with Crippen molar-refractivity contribution in [3.8, 4) is 0 Å². The lowest BCUT2D eigenvalue weighted by atomic mass is 9.52. The molecule has 8 saturated carbocycles. The van der Waals surface area contributed by atoms with Gasteiger partial charge in [-0.05, 0) is 82.0 Å². The van der Waals surface area contributed by atoms with Gasteiger partial charge in [-0.1, -0.05) is 0 Å². The van der Waals surface area contributed by atoms with Crippen LogP contribution >= 0.6 is 0 Å². The van der Waals surface area contributed by atoms with Crippen molar-refractivity contribution in [1.29, 1.82) is 0 Å². The van der Waals surface area contributed by atoms with Crippen molar-refractivity contribution in [1.82, 2.24) is 0 Å². The molecular formula is C24H29F2O9S-. The van der Waals surface area contributed by atoms with Gasteiger partial charge in [0.05, 0.1) is 5.60 Å². The number of halogens is 2. The van der Waals surface area contributed by atoms with Crippen LogP contribution in [-0.4, -0.2) is 59.4 Å². The number of hydrogen-bond donors (Lipinski definition) is 0. The molecule has 200 valence electrons. The van der Waals surface area contributed by atoms with E-state index in [1.165, 1.54) is 0 Å². The molecule has 4 atom stereocenters. The second-order valence-corrected chi connectivity index (χ2v) is 13.8. The van der Waals surface area contributed by atoms with Crippen LogP contribution in [0, 0.1) is 29.6 Å². The van der Waals surface area contributed by atoms with Crippen molar-refractivity contribution in [2.75, 3.05) is 6.61 Å². The first kappa shape index (κ1) is 24.7. The fraction of sp³-hybridized carbons (Fsp3) is 0.875. The summed E-state index contributed by atoms with van der Waals surface area (Å²) in [6.45, 7) is -0.343. The molecule has 8 aliphatic carbocycles. The standard InChI is InChI=1S/C24H30F2O9S/c25-24(26,36(30,31)32)20(29)35-23-7-14-1-15(8-23)6-22(5-14,12-23)33-11-18(27)34-21-4-13-2-16(9-21)19(28)17(3-13)10-21/h13-17H,1-12H2,(H,30,31,32)/p-1. The number of ether oxygens (including phenoxy) is 3. The normalized spacial score (nSPS) is 44.6. The highest BCUT2D eigenvalue weighted by Crippen LogP contribution is 2.61. The van der Waals surface area contributed by atoms with E-state index in [1.54, 1.807) is 0 Å². The highest BCUT2D eigenvalue weighted by molar-refractivity contribution is 7.87. The third kappa shape index (κ3) is 3.89. The Morgan fingerprint density at radius 3 is 2.00 bits per heavy atom. The Morgan fingerprint density at radius 2 is 1.42 bits per heavy atom. The van der Waals surface area contributed by atoms with Crippen molar-refractivity contribution >= 4 is 27.8 Å². The summed E-state index contributed by atoms with van der Waals surface area (Å²) >= 11 is 0. The van der Waals surface area contributed by atoms with Gasteiger partial charge in [0.1, 0.15) is 23.6 Å². The largest absolute Gasteiger partial charge is 0.743 e. The summed E-state index contributed by atoms with van der Waals surface area (Å²) in [7, 11) is -6.22. The molecule has 0 aliphatic heterocycles. The smallest absolute Gasteiger partial charge is 0.428 e. The third-order valence-electron chi connectivity index (χ3n) is 9.58. The maximum atomic E-state index is 13.8. The van der Waals surface area contributed by atoms with E-state index in [2.05, 4.69) is 0 Å². The lowest BCUT2D eigenvalue weighted by molar-refractivity contribution is -0.244. The van der Waals surface area contributed by atoms with Gasteiger partial charge in [-0.25, -0.2) is 18.0 Å². The Hall–Kier alpha value is -1.66. The van der Waals surface area contributed by atoms with Crippen molar-refractivity contribution < 1.29 is 50.3 Å². The minimum absolute atomic E-state index is 0.00159. The quantitative estimate of drug-likeness (QED) is 0.358. The fourth-order valence-corrected chi connectivity index (χ4v) is 9.27. The molecule has 9 nitrogen and oxygen atoms in total. The Balaban J connectivity index is 1.12. The predicted molar refractivity (Wildman–Crippen MR) is 114 cm³/mol. The summed E-state index contributed by atoms with van der Waals surface area (Å²) in [6.07, 6.45) is 6.13. The van der Waals surface area contributed by atoms with Gasteiger partial charge in [0.15, 0.2) is 10.1 Å². The third-order valence-corrected chi connectivity index (χ3v) is 10.4. The maximum absolute atomic E-state index is 13.8. The SMILES string of the molecule is O=C(COC12CC3CC(C1)CC(OC(=O)C(F)(F)S(=O)(=O)[O-])(C3)C2)OC12CC3CC(C1)C(=O)C(C3)C2. The molecule has 0 aromatic rings. The summed E-state index contributed by atoms with van der Waals surface area (Å²) in [4.78, 5) is 37.3. The average Bonchev–Trinajstić information content (AvgIpc) is 2.73.